The van der Waals surface area contributed by atoms with E-state index in [1.165, 1.54) is 18.2 Å². The molecule has 0 saturated carbocycles. The Hall–Kier alpha value is -4.43. The van der Waals surface area contributed by atoms with Crippen LogP contribution in [0.4, 0.5) is 0 Å². The summed E-state index contributed by atoms with van der Waals surface area (Å²) in [4.78, 5) is 42.9. The fourth-order valence-electron chi connectivity index (χ4n) is 11.0. The molecule has 2 N–H and O–H groups in total. The summed E-state index contributed by atoms with van der Waals surface area (Å²) in [6.45, 7) is 10.4. The molecule has 0 aromatic heterocycles. The molecule has 2 aliphatic rings. The van der Waals surface area contributed by atoms with Gasteiger partial charge in [-0.3, -0.25) is 14.4 Å². The molecule has 1 aliphatic heterocycles. The van der Waals surface area contributed by atoms with E-state index >= 15 is 0 Å². The van der Waals surface area contributed by atoms with Crippen molar-refractivity contribution >= 4 is 83.7 Å². The van der Waals surface area contributed by atoms with Crippen molar-refractivity contribution in [3.63, 3.8) is 0 Å². The summed E-state index contributed by atoms with van der Waals surface area (Å²) < 4.78 is 101. The Bertz CT molecular complexity index is 3210. The highest BCUT2D eigenvalue weighted by molar-refractivity contribution is 7.91. The summed E-state index contributed by atoms with van der Waals surface area (Å²) in [5.41, 5.74) is 6.49. The molecule has 0 fully saturated rings. The molecule has 7 rings (SSSR count). The molecule has 0 bridgehead atoms. The van der Waals surface area contributed by atoms with Crippen LogP contribution in [0.1, 0.15) is 129 Å². The van der Waals surface area contributed by atoms with Gasteiger partial charge in [-0.05, 0) is 152 Å². The number of benzene rings is 5. The molecule has 3 unspecified atom stereocenters. The van der Waals surface area contributed by atoms with Crippen molar-refractivity contribution in [3.05, 3.63) is 161 Å². The van der Waals surface area contributed by atoms with E-state index in [0.717, 1.165) is 46.2 Å². The Morgan fingerprint density at radius 3 is 1.59 bits per heavy atom. The van der Waals surface area contributed by atoms with Crippen molar-refractivity contribution in [3.8, 4) is 0 Å². The van der Waals surface area contributed by atoms with E-state index in [2.05, 4.69) is 21.9 Å². The fraction of sp³-hybridized carbons (Fsp3) is 0.507. The second-order valence-corrected chi connectivity index (χ2v) is 28.1. The highest BCUT2D eigenvalue weighted by atomic mass is 35.5. The van der Waals surface area contributed by atoms with Gasteiger partial charge >= 0.3 is 0 Å². The van der Waals surface area contributed by atoms with Crippen molar-refractivity contribution in [2.45, 2.75) is 87.0 Å². The average Bonchev–Trinajstić information content (AvgIpc) is 0.797. The van der Waals surface area contributed by atoms with Crippen LogP contribution in [-0.2, 0) is 70.7 Å². The van der Waals surface area contributed by atoms with Gasteiger partial charge in [0, 0.05) is 114 Å². The third-order valence-electron chi connectivity index (χ3n) is 15.5. The third-order valence-corrected chi connectivity index (χ3v) is 19.9. The zero-order valence-electron chi connectivity index (χ0n) is 52.1. The number of sulfonamides is 1. The monoisotopic (exact) mass is 1380 g/mol. The lowest BCUT2D eigenvalue weighted by Crippen LogP contribution is -2.31. The van der Waals surface area contributed by atoms with Crippen molar-refractivity contribution in [2.75, 3.05) is 138 Å². The first kappa shape index (κ1) is 74.0. The van der Waals surface area contributed by atoms with Crippen molar-refractivity contribution < 1.29 is 69.1 Å². The highest BCUT2D eigenvalue weighted by Gasteiger charge is 2.31. The van der Waals surface area contributed by atoms with Gasteiger partial charge in [0.05, 0.1) is 94.8 Å². The number of amides is 1. The number of carbonyl (C=O) groups excluding carboxylic acids is 3. The zero-order valence-corrected chi connectivity index (χ0v) is 56.7. The van der Waals surface area contributed by atoms with Gasteiger partial charge in [0.15, 0.2) is 21.4 Å². The molecule has 24 heteroatoms. The van der Waals surface area contributed by atoms with Gasteiger partial charge < -0.3 is 48.1 Å². The smallest absolute Gasteiger partial charge is 0.251 e. The van der Waals surface area contributed by atoms with E-state index < -0.39 is 25.8 Å². The molecule has 0 spiro atoms. The first-order valence-electron chi connectivity index (χ1n) is 31.0. The molecule has 18 nitrogen and oxygen atoms in total. The lowest BCUT2D eigenvalue weighted by atomic mass is 9.74. The second kappa shape index (κ2) is 38.2. The molecule has 1 heterocycles. The van der Waals surface area contributed by atoms with E-state index in [1.807, 2.05) is 38.2 Å². The first-order chi connectivity index (χ1) is 43.8. The molecule has 1 amide bonds. The molecular weight excluding hydrogens is 1290 g/mol. The molecule has 1 aliphatic carbocycles. The number of hydrogen-bond acceptors (Lipinski definition) is 16. The summed E-state index contributed by atoms with van der Waals surface area (Å²) in [7, 11) is -5.38. The molecular formula is C67H85Cl4N3O15S2. The van der Waals surface area contributed by atoms with Gasteiger partial charge in [-0.15, -0.1) is 0 Å². The molecule has 0 saturated heterocycles. The van der Waals surface area contributed by atoms with Crippen LogP contribution in [0.5, 0.6) is 0 Å². The van der Waals surface area contributed by atoms with E-state index in [9.17, 15) is 31.2 Å². The third kappa shape index (κ3) is 23.8. The van der Waals surface area contributed by atoms with Crippen LogP contribution in [0.3, 0.4) is 0 Å². The molecule has 0 radical (unpaired) electrons. The molecule has 498 valence electrons. The number of nitrogens with zero attached hydrogens (tertiary/aromatic N) is 1. The number of nitrogens with one attached hydrogen (secondary N) is 2. The number of Topliss-reactive ketones (excluding diaryl/α,β-unsaturated/α-hetero) is 2. The van der Waals surface area contributed by atoms with Crippen LogP contribution in [0, 0.1) is 5.92 Å². The van der Waals surface area contributed by atoms with Crippen LogP contribution >= 0.6 is 46.4 Å². The number of ether oxygens (including phenoxy) is 8. The Balaban J connectivity index is 0.744. The largest absolute Gasteiger partial charge is 0.379 e. The molecule has 5 aromatic rings. The van der Waals surface area contributed by atoms with Gasteiger partial charge in [-0.25, -0.2) is 21.6 Å². The predicted octanol–water partition coefficient (Wildman–Crippen LogP) is 11.2. The topological polar surface area (TPSA) is 221 Å². The SMILES string of the molecule is CCOCCOCCCC(=O)c1cc(C(=O)CCCOCCOCCOCCCS(=O)(=O)c2cccc(C3CN(C)Cc4c(Cl)cc(Cl)cc43)c2)cc(C(=O)NCCOCCOCCOCCNS(=O)(=O)c2cccc(C3CC(C)Cc4c(Cl)cc(Cl)cc43)c2)c1. The standard InChI is InChI=1S/C67H85Cl4N3O15S2/c1-4-82-23-24-83-18-7-14-65(75)50-36-51(66(76)15-8-19-84-25-29-88-30-26-85-20-9-33-90(78,79)55-12-5-11-49(39-55)61-45-74(3)46-62-59(61)42-54(69)44-64(62)71)38-52(37-50)67(77)72-16-21-86-27-31-89-32-28-87-22-17-73-91(80,81)56-13-6-10-48(40-56)57-34-47(2)35-60-58(57)41-53(68)43-63(60)70/h5-6,10-13,36-44,47,57,61,73H,4,7-9,14-35,45-46H2,1-3H3,(H,72,77). The van der Waals surface area contributed by atoms with Gasteiger partial charge in [-0.1, -0.05) is 77.6 Å². The maximum atomic E-state index is 13.5. The quantitative estimate of drug-likeness (QED) is 0.0274. The number of likely N-dealkylation sites (N-methyl/N-ethyl adjacent to an activating group) is 1. The molecule has 5 aromatic carbocycles. The van der Waals surface area contributed by atoms with E-state index in [1.54, 1.807) is 48.5 Å². The van der Waals surface area contributed by atoms with Crippen LogP contribution in [0.2, 0.25) is 20.1 Å². The van der Waals surface area contributed by atoms with E-state index in [4.69, 9.17) is 84.3 Å². The van der Waals surface area contributed by atoms with Gasteiger partial charge in [0.2, 0.25) is 10.0 Å². The van der Waals surface area contributed by atoms with Crippen LogP contribution < -0.4 is 10.0 Å². The number of ketones is 2. The van der Waals surface area contributed by atoms with Crippen molar-refractivity contribution in [1.29, 1.82) is 0 Å². The zero-order chi connectivity index (χ0) is 65.2. The average molecular weight is 1380 g/mol. The summed E-state index contributed by atoms with van der Waals surface area (Å²) >= 11 is 25.9. The number of hydrogen-bond donors (Lipinski definition) is 2. The maximum absolute atomic E-state index is 13.5. The Kier molecular flexibility index (Phi) is 31.1. The second-order valence-electron chi connectivity index (χ2n) is 22.6. The summed E-state index contributed by atoms with van der Waals surface area (Å²) in [6, 6.07) is 25.9. The van der Waals surface area contributed by atoms with E-state index in [-0.39, 0.29) is 161 Å². The summed E-state index contributed by atoms with van der Waals surface area (Å²) in [6.07, 6.45) is 3.10. The normalized spacial score (nSPS) is 16.0. The van der Waals surface area contributed by atoms with Crippen molar-refractivity contribution in [2.24, 2.45) is 5.92 Å². The number of sulfone groups is 1. The van der Waals surface area contributed by atoms with Crippen LogP contribution in [-0.4, -0.2) is 177 Å². The summed E-state index contributed by atoms with van der Waals surface area (Å²) in [5, 5.41) is 5.12. The number of fused-ring (bicyclic) bond motifs is 2. The Morgan fingerprint density at radius 1 is 0.538 bits per heavy atom. The predicted molar refractivity (Wildman–Crippen MR) is 353 cm³/mol. The fourth-order valence-corrected chi connectivity index (χ4v) is 14.6. The van der Waals surface area contributed by atoms with Gasteiger partial charge in [0.25, 0.3) is 5.91 Å². The van der Waals surface area contributed by atoms with Crippen molar-refractivity contribution in [1.82, 2.24) is 14.9 Å². The molecule has 3 atom stereocenters. The number of halogens is 4. The minimum absolute atomic E-state index is 0.0377. The van der Waals surface area contributed by atoms with Gasteiger partial charge in [0.1, 0.15) is 0 Å². The Labute approximate surface area is 556 Å². The number of carbonyl (C=O) groups is 3. The van der Waals surface area contributed by atoms with Crippen LogP contribution in [0.25, 0.3) is 0 Å². The van der Waals surface area contributed by atoms with E-state index in [0.29, 0.717) is 84.8 Å². The lowest BCUT2D eigenvalue weighted by molar-refractivity contribution is 0.0142. The summed E-state index contributed by atoms with van der Waals surface area (Å²) in [5.74, 6) is -0.779. The first-order valence-corrected chi connectivity index (χ1v) is 35.7. The van der Waals surface area contributed by atoms with Crippen LogP contribution in [0.15, 0.2) is 101 Å². The minimum atomic E-state index is -3.81. The number of rotatable bonds is 42. The Morgan fingerprint density at radius 2 is 1.01 bits per heavy atom. The van der Waals surface area contributed by atoms with Gasteiger partial charge in [-0.2, -0.15) is 0 Å². The highest BCUT2D eigenvalue weighted by Crippen LogP contribution is 2.44. The lowest BCUT2D eigenvalue weighted by Gasteiger charge is -2.33. The minimum Gasteiger partial charge on any atom is -0.379 e. The maximum Gasteiger partial charge on any atom is 0.251 e. The molecule has 91 heavy (non-hydrogen) atoms.